The van der Waals surface area contributed by atoms with Crippen LogP contribution in [0.1, 0.15) is 159 Å². The van der Waals surface area contributed by atoms with Crippen molar-refractivity contribution >= 4 is 59.3 Å². The zero-order valence-electron chi connectivity index (χ0n) is 55.2. The summed E-state index contributed by atoms with van der Waals surface area (Å²) in [4.78, 5) is 109. The Balaban J connectivity index is 0.000000264. The molecule has 4 amide bonds. The van der Waals surface area contributed by atoms with Crippen LogP contribution in [0.25, 0.3) is 12.2 Å². The molecule has 0 aromatic heterocycles. The Morgan fingerprint density at radius 3 is 1.69 bits per heavy atom. The molecule has 2 fully saturated rings. The molecule has 0 unspecified atom stereocenters. The van der Waals surface area contributed by atoms with Crippen LogP contribution in [-0.4, -0.2) is 131 Å². The van der Waals surface area contributed by atoms with Crippen molar-refractivity contribution in [3.63, 3.8) is 0 Å². The van der Waals surface area contributed by atoms with Gasteiger partial charge in [0.15, 0.2) is 0 Å². The fraction of sp³-hybridized carbons (Fsp3) is 0.507. The van der Waals surface area contributed by atoms with Gasteiger partial charge in [0.05, 0.1) is 12.2 Å². The Morgan fingerprint density at radius 1 is 0.613 bits per heavy atom. The number of fused-ring (bicyclic) bond motifs is 8. The van der Waals surface area contributed by atoms with Gasteiger partial charge in [-0.2, -0.15) is 0 Å². The highest BCUT2D eigenvalue weighted by Gasteiger charge is 2.39. The fourth-order valence-corrected chi connectivity index (χ4v) is 12.1. The number of hydrogen-bond acceptors (Lipinski definition) is 16. The average Bonchev–Trinajstić information content (AvgIpc) is 2.09. The van der Waals surface area contributed by atoms with Crippen LogP contribution in [0.2, 0.25) is 0 Å². The number of carbonyl (C=O) groups excluding carboxylic acids is 8. The summed E-state index contributed by atoms with van der Waals surface area (Å²) < 4.78 is 23.1. The molecule has 8 rings (SSSR count). The van der Waals surface area contributed by atoms with Gasteiger partial charge in [0.1, 0.15) is 59.9 Å². The van der Waals surface area contributed by atoms with E-state index in [9.17, 15) is 48.6 Å². The number of hydrazine groups is 2. The van der Waals surface area contributed by atoms with E-state index in [0.717, 1.165) is 22.3 Å². The lowest BCUT2D eigenvalue weighted by molar-refractivity contribution is -0.157. The monoisotopic (exact) mass is 1280 g/mol. The first-order chi connectivity index (χ1) is 44.6. The summed E-state index contributed by atoms with van der Waals surface area (Å²) in [6, 6.07) is 25.1. The van der Waals surface area contributed by atoms with E-state index in [1.54, 1.807) is 43.5 Å². The van der Waals surface area contributed by atoms with Crippen molar-refractivity contribution in [1.82, 2.24) is 31.5 Å². The highest BCUT2D eigenvalue weighted by Crippen LogP contribution is 2.28. The predicted molar refractivity (Wildman–Crippen MR) is 353 cm³/mol. The highest BCUT2D eigenvalue weighted by atomic mass is 16.5. The number of hydrogen-bond donors (Lipinski definition) is 6. The van der Waals surface area contributed by atoms with E-state index in [0.29, 0.717) is 82.2 Å². The van der Waals surface area contributed by atoms with Gasteiger partial charge in [0.25, 0.3) is 11.8 Å². The summed E-state index contributed by atoms with van der Waals surface area (Å²) in [5.41, 5.74) is 11.0. The standard InChI is InChI=1S/C37H49N3O7.C36H47N3O7/c1-5-46-34-17-7-6-11-26-12-8-14-28(19-26)23-47-37(45)31-16-10-18-40(39-31)36(44)32(21-27-13-9-15-29(41)20-27)38-35(43)30(24(2)3)22-33(42)25(34)4;1-23(2)31-22-29(41)21-30(45-4)15-6-5-10-25-11-7-13-27(18-25)24(3)46-36(44)32-16-9-17-39(38-32)35(43)33(37-34(31)42)20-26-12-8-14-28(40)19-26/h6,8-9,11-15,19-20,24-25,30-32,34,39,41H,5,7,10,16-18,21-23H2,1-4H3,(H,38,43);5,7-8,10-14,18-19,23-24,30-33,38,40H,6,9,15-17,20-22H2,1-4H3,(H,37,42)/b11-6+;10-5+/t25-,30-,31-,32-,34+;24-,30-,31+,32+,33+/m01/s1. The molecule has 0 spiro atoms. The lowest BCUT2D eigenvalue weighted by atomic mass is 9.84. The summed E-state index contributed by atoms with van der Waals surface area (Å²) in [5.74, 6) is -4.72. The molecule has 20 heteroatoms. The number of benzene rings is 4. The molecule has 0 radical (unpaired) electrons. The van der Waals surface area contributed by atoms with E-state index in [-0.39, 0.29) is 85.8 Å². The minimum Gasteiger partial charge on any atom is -0.508 e. The lowest BCUT2D eigenvalue weighted by Crippen LogP contribution is -2.60. The fourth-order valence-electron chi connectivity index (χ4n) is 12.1. The third-order valence-electron chi connectivity index (χ3n) is 17.7. The normalized spacial score (nSPS) is 26.3. The van der Waals surface area contributed by atoms with Crippen molar-refractivity contribution in [3.05, 3.63) is 143 Å². The zero-order chi connectivity index (χ0) is 67.1. The molecule has 10 atom stereocenters. The van der Waals surface area contributed by atoms with Crippen molar-refractivity contribution in [3.8, 4) is 11.5 Å². The van der Waals surface area contributed by atoms with Crippen LogP contribution in [0.5, 0.6) is 11.5 Å². The van der Waals surface area contributed by atoms with Crippen LogP contribution in [0.15, 0.2) is 109 Å². The predicted octanol–water partition coefficient (Wildman–Crippen LogP) is 9.40. The Bertz CT molecular complexity index is 3260. The third kappa shape index (κ3) is 22.0. The minimum atomic E-state index is -1.01. The summed E-state index contributed by atoms with van der Waals surface area (Å²) in [5, 5.41) is 28.7. The number of ketones is 2. The maximum absolute atomic E-state index is 14.0. The van der Waals surface area contributed by atoms with E-state index in [1.807, 2.05) is 115 Å². The Morgan fingerprint density at radius 2 is 1.14 bits per heavy atom. The van der Waals surface area contributed by atoms with Gasteiger partial charge in [-0.3, -0.25) is 48.4 Å². The molecule has 20 nitrogen and oxygen atoms in total. The van der Waals surface area contributed by atoms with E-state index in [2.05, 4.69) is 27.6 Å². The summed E-state index contributed by atoms with van der Waals surface area (Å²) in [7, 11) is 1.58. The molecule has 0 aliphatic carbocycles. The van der Waals surface area contributed by atoms with Crippen LogP contribution in [0, 0.1) is 29.6 Å². The van der Waals surface area contributed by atoms with Crippen LogP contribution < -0.4 is 21.5 Å². The first kappa shape index (κ1) is 72.4. The molecule has 8 bridgehead atoms. The number of rotatable bonds is 9. The maximum atomic E-state index is 14.0. The van der Waals surface area contributed by atoms with Crippen LogP contribution >= 0.6 is 0 Å². The molecule has 6 N–H and O–H groups in total. The molecule has 0 saturated carbocycles. The number of amides is 4. The van der Waals surface area contributed by atoms with Gasteiger partial charge in [-0.25, -0.2) is 10.9 Å². The number of esters is 2. The molecule has 502 valence electrons. The van der Waals surface area contributed by atoms with Crippen molar-refractivity contribution in [2.24, 2.45) is 29.6 Å². The molecular weight excluding hydrogens is 1180 g/mol. The summed E-state index contributed by atoms with van der Waals surface area (Å²) in [6.07, 6.45) is 12.2. The topological polar surface area (TPSA) is 269 Å². The van der Waals surface area contributed by atoms with E-state index in [1.165, 1.54) is 22.2 Å². The van der Waals surface area contributed by atoms with E-state index >= 15 is 0 Å². The smallest absolute Gasteiger partial charge is 0.325 e. The summed E-state index contributed by atoms with van der Waals surface area (Å²) in [6.45, 7) is 14.3. The molecule has 93 heavy (non-hydrogen) atoms. The second-order valence-corrected chi connectivity index (χ2v) is 25.5. The summed E-state index contributed by atoms with van der Waals surface area (Å²) >= 11 is 0. The number of Topliss-reactive ketones (excluding diaryl/α,β-unsaturated/α-hetero) is 2. The number of cyclic esters (lactones) is 2. The quantitative estimate of drug-likeness (QED) is 0.0852. The van der Waals surface area contributed by atoms with Gasteiger partial charge in [0, 0.05) is 76.7 Å². The van der Waals surface area contributed by atoms with Gasteiger partial charge in [-0.05, 0) is 147 Å². The van der Waals surface area contributed by atoms with Gasteiger partial charge in [-0.1, -0.05) is 120 Å². The molecule has 2 saturated heterocycles. The highest BCUT2D eigenvalue weighted by molar-refractivity contribution is 5.93. The number of phenols is 2. The van der Waals surface area contributed by atoms with Crippen LogP contribution in [0.3, 0.4) is 0 Å². The number of nitrogens with zero attached hydrogens (tertiary/aromatic N) is 2. The first-order valence-corrected chi connectivity index (χ1v) is 33.0. The largest absolute Gasteiger partial charge is 0.508 e. The first-order valence-electron chi connectivity index (χ1n) is 33.0. The molecular formula is C73H96N6O14. The van der Waals surface area contributed by atoms with Gasteiger partial charge >= 0.3 is 11.9 Å². The van der Waals surface area contributed by atoms with Crippen molar-refractivity contribution in [2.75, 3.05) is 26.8 Å². The van der Waals surface area contributed by atoms with Gasteiger partial charge in [0.2, 0.25) is 11.8 Å². The maximum Gasteiger partial charge on any atom is 0.325 e. The zero-order valence-corrected chi connectivity index (χ0v) is 55.2. The minimum absolute atomic E-state index is 0.0137. The van der Waals surface area contributed by atoms with Crippen LogP contribution in [-0.2, 0) is 76.8 Å². The number of nitrogens with one attached hydrogen (secondary N) is 4. The lowest BCUT2D eigenvalue weighted by Gasteiger charge is -2.36. The average molecular weight is 1280 g/mol. The SMILES string of the molecule is CCO[C@@H]1CC/C=C/c2cccc(c2)COC(=O)[C@@H]2CCCN(N2)C(=O)[C@H](Cc2cccc(O)c2)NC(=O)[C@H](C(C)C)CC(=O)[C@@H]1C.CO[C@@H]1CC/C=C/c2cccc(c2)[C@@H](C)OC(=O)[C@@H]2CCCN(N2)C(=O)[C@H](Cc2cccc(O)c2)NC(=O)[C@H](C(C)C)CC(=O)C1. The number of allylic oxidation sites excluding steroid dienone is 2. The van der Waals surface area contributed by atoms with Crippen molar-refractivity contribution in [1.29, 1.82) is 0 Å². The molecule has 4 aromatic carbocycles. The van der Waals surface area contributed by atoms with E-state index < -0.39 is 83.6 Å². The van der Waals surface area contributed by atoms with Gasteiger partial charge in [-0.15, -0.1) is 0 Å². The molecule has 4 aliphatic heterocycles. The second-order valence-electron chi connectivity index (χ2n) is 25.5. The Hall–Kier alpha value is -8.04. The van der Waals surface area contributed by atoms with Crippen molar-refractivity contribution in [2.45, 2.75) is 181 Å². The Kier molecular flexibility index (Phi) is 27.9. The third-order valence-corrected chi connectivity index (χ3v) is 17.7. The Labute approximate surface area is 547 Å². The van der Waals surface area contributed by atoms with Crippen molar-refractivity contribution < 1.29 is 67.5 Å². The van der Waals surface area contributed by atoms with E-state index in [4.69, 9.17) is 18.9 Å². The molecule has 4 aromatic rings. The number of carbonyl (C=O) groups is 8. The van der Waals surface area contributed by atoms with Gasteiger partial charge < -0.3 is 39.8 Å². The second kappa shape index (κ2) is 35.8. The van der Waals surface area contributed by atoms with Crippen LogP contribution in [0.4, 0.5) is 0 Å². The molecule has 4 aliphatic rings. The number of aromatic hydroxyl groups is 2. The number of phenolic OH excluding ortho intramolecular Hbond substituents is 2. The number of ether oxygens (including phenoxy) is 4. The number of methoxy groups -OCH3 is 1. The molecule has 4 heterocycles.